The van der Waals surface area contributed by atoms with Crippen LogP contribution in [0.15, 0.2) is 18.2 Å². The van der Waals surface area contributed by atoms with Crippen molar-refractivity contribution in [3.05, 3.63) is 29.3 Å². The Bertz CT molecular complexity index is 561. The zero-order chi connectivity index (χ0) is 15.3. The molecule has 0 saturated heterocycles. The first-order chi connectivity index (χ1) is 9.33. The molecule has 0 amide bonds. The maximum absolute atomic E-state index is 12.3. The molecule has 0 aliphatic heterocycles. The highest BCUT2D eigenvalue weighted by atomic mass is 32.2. The zero-order valence-electron chi connectivity index (χ0n) is 12.3. The van der Waals surface area contributed by atoms with Gasteiger partial charge in [0.15, 0.2) is 0 Å². The molecule has 6 heteroatoms. The first-order valence-corrected chi connectivity index (χ1v) is 8.16. The van der Waals surface area contributed by atoms with Crippen LogP contribution in [0, 0.1) is 13.8 Å². The SMILES string of the molecule is CCOC(=O)CN(c1c(C)cccc1C)S(=O)(=O)CC. The van der Waals surface area contributed by atoms with E-state index in [2.05, 4.69) is 0 Å². The van der Waals surface area contributed by atoms with Crippen molar-refractivity contribution in [2.45, 2.75) is 27.7 Å². The van der Waals surface area contributed by atoms with Crippen LogP contribution in [0.3, 0.4) is 0 Å². The molecule has 0 radical (unpaired) electrons. The Balaban J connectivity index is 3.28. The molecule has 0 N–H and O–H groups in total. The van der Waals surface area contributed by atoms with Gasteiger partial charge in [0.25, 0.3) is 0 Å². The molecule has 5 nitrogen and oxygen atoms in total. The molecule has 1 rings (SSSR count). The van der Waals surface area contributed by atoms with E-state index in [4.69, 9.17) is 4.74 Å². The summed E-state index contributed by atoms with van der Waals surface area (Å²) in [5, 5.41) is 0. The van der Waals surface area contributed by atoms with Crippen LogP contribution in [0.2, 0.25) is 0 Å². The van der Waals surface area contributed by atoms with Gasteiger partial charge in [0.05, 0.1) is 18.0 Å². The highest BCUT2D eigenvalue weighted by Gasteiger charge is 2.26. The van der Waals surface area contributed by atoms with Crippen molar-refractivity contribution in [3.63, 3.8) is 0 Å². The van der Waals surface area contributed by atoms with Crippen molar-refractivity contribution < 1.29 is 17.9 Å². The van der Waals surface area contributed by atoms with Gasteiger partial charge in [0.1, 0.15) is 6.54 Å². The fourth-order valence-electron chi connectivity index (χ4n) is 2.00. The molecule has 0 aromatic heterocycles. The number of sulfonamides is 1. The standard InChI is InChI=1S/C14H21NO4S/c1-5-19-13(16)10-15(20(17,18)6-2)14-11(3)8-7-9-12(14)4/h7-9H,5-6,10H2,1-4H3. The van der Waals surface area contributed by atoms with E-state index in [1.54, 1.807) is 13.8 Å². The summed E-state index contributed by atoms with van der Waals surface area (Å²) in [7, 11) is -3.54. The summed E-state index contributed by atoms with van der Waals surface area (Å²) in [6, 6.07) is 5.51. The largest absolute Gasteiger partial charge is 0.465 e. The second kappa shape index (κ2) is 6.74. The van der Waals surface area contributed by atoms with Crippen LogP contribution in [0.4, 0.5) is 5.69 Å². The minimum absolute atomic E-state index is 0.0693. The topological polar surface area (TPSA) is 63.7 Å². The Morgan fingerprint density at radius 2 is 1.75 bits per heavy atom. The summed E-state index contributed by atoms with van der Waals surface area (Å²) in [6.45, 7) is 6.83. The quantitative estimate of drug-likeness (QED) is 0.754. The number of benzene rings is 1. The normalized spacial score (nSPS) is 11.2. The van der Waals surface area contributed by atoms with Crippen LogP contribution >= 0.6 is 0 Å². The summed E-state index contributed by atoms with van der Waals surface area (Å²) >= 11 is 0. The lowest BCUT2D eigenvalue weighted by Gasteiger charge is -2.26. The van der Waals surface area contributed by atoms with E-state index < -0.39 is 16.0 Å². The Labute approximate surface area is 120 Å². The number of anilines is 1. The van der Waals surface area contributed by atoms with Gasteiger partial charge in [-0.05, 0) is 38.8 Å². The van der Waals surface area contributed by atoms with Crippen molar-refractivity contribution in [2.75, 3.05) is 23.2 Å². The Morgan fingerprint density at radius 1 is 1.20 bits per heavy atom. The average Bonchev–Trinajstić information content (AvgIpc) is 2.37. The molecule has 0 aliphatic rings. The van der Waals surface area contributed by atoms with Crippen molar-refractivity contribution in [1.29, 1.82) is 0 Å². The fraction of sp³-hybridized carbons (Fsp3) is 0.500. The van der Waals surface area contributed by atoms with E-state index >= 15 is 0 Å². The number of rotatable bonds is 6. The number of aryl methyl sites for hydroxylation is 2. The molecule has 1 aromatic carbocycles. The predicted molar refractivity (Wildman–Crippen MR) is 79.4 cm³/mol. The predicted octanol–water partition coefficient (Wildman–Crippen LogP) is 2.02. The van der Waals surface area contributed by atoms with Crippen LogP contribution in [-0.2, 0) is 19.6 Å². The Kier molecular flexibility index (Phi) is 5.56. The molecule has 0 aliphatic carbocycles. The second-order valence-electron chi connectivity index (χ2n) is 4.45. The van der Waals surface area contributed by atoms with Gasteiger partial charge in [0.2, 0.25) is 10.0 Å². The number of carbonyl (C=O) groups excluding carboxylic acids is 1. The monoisotopic (exact) mass is 299 g/mol. The molecule has 0 unspecified atom stereocenters. The lowest BCUT2D eigenvalue weighted by Crippen LogP contribution is -2.38. The Hall–Kier alpha value is -1.56. The Morgan fingerprint density at radius 3 is 2.20 bits per heavy atom. The molecular weight excluding hydrogens is 278 g/mol. The molecule has 20 heavy (non-hydrogen) atoms. The third-order valence-electron chi connectivity index (χ3n) is 2.97. The molecule has 0 fully saturated rings. The summed E-state index contributed by atoms with van der Waals surface area (Å²) < 4.78 is 30.5. The summed E-state index contributed by atoms with van der Waals surface area (Å²) in [6.07, 6.45) is 0. The van der Waals surface area contributed by atoms with E-state index in [1.165, 1.54) is 0 Å². The third kappa shape index (κ3) is 3.72. The molecule has 0 atom stereocenters. The molecule has 0 heterocycles. The van der Waals surface area contributed by atoms with Gasteiger partial charge in [-0.15, -0.1) is 0 Å². The van der Waals surface area contributed by atoms with E-state index in [-0.39, 0.29) is 18.9 Å². The number of hydrogen-bond acceptors (Lipinski definition) is 4. The zero-order valence-corrected chi connectivity index (χ0v) is 13.2. The van der Waals surface area contributed by atoms with Crippen LogP contribution in [-0.4, -0.2) is 33.3 Å². The highest BCUT2D eigenvalue weighted by molar-refractivity contribution is 7.92. The van der Waals surface area contributed by atoms with Crippen LogP contribution in [0.1, 0.15) is 25.0 Å². The van der Waals surface area contributed by atoms with Crippen molar-refractivity contribution in [3.8, 4) is 0 Å². The van der Waals surface area contributed by atoms with Gasteiger partial charge in [-0.3, -0.25) is 9.10 Å². The minimum atomic E-state index is -3.54. The molecular formula is C14H21NO4S. The second-order valence-corrected chi connectivity index (χ2v) is 6.63. The average molecular weight is 299 g/mol. The van der Waals surface area contributed by atoms with E-state index in [1.807, 2.05) is 32.0 Å². The molecule has 112 valence electrons. The van der Waals surface area contributed by atoms with Gasteiger partial charge in [-0.25, -0.2) is 8.42 Å². The molecule has 1 aromatic rings. The number of ether oxygens (including phenoxy) is 1. The van der Waals surface area contributed by atoms with Gasteiger partial charge in [-0.1, -0.05) is 18.2 Å². The summed E-state index contributed by atoms with van der Waals surface area (Å²) in [5.74, 6) is -0.618. The lowest BCUT2D eigenvalue weighted by molar-refractivity contribution is -0.141. The van der Waals surface area contributed by atoms with Gasteiger partial charge >= 0.3 is 5.97 Å². The fourth-order valence-corrected chi connectivity index (χ4v) is 3.18. The van der Waals surface area contributed by atoms with Crippen LogP contribution in [0.25, 0.3) is 0 Å². The number of carbonyl (C=O) groups is 1. The first kappa shape index (κ1) is 16.5. The van der Waals surface area contributed by atoms with E-state index in [9.17, 15) is 13.2 Å². The van der Waals surface area contributed by atoms with Crippen molar-refractivity contribution >= 4 is 21.7 Å². The molecule has 0 spiro atoms. The number of para-hydroxylation sites is 1. The molecule has 0 saturated carbocycles. The third-order valence-corrected chi connectivity index (χ3v) is 4.68. The number of nitrogens with zero attached hydrogens (tertiary/aromatic N) is 1. The van der Waals surface area contributed by atoms with Crippen LogP contribution in [0.5, 0.6) is 0 Å². The number of hydrogen-bond donors (Lipinski definition) is 0. The summed E-state index contributed by atoms with van der Waals surface area (Å²) in [5.41, 5.74) is 2.18. The van der Waals surface area contributed by atoms with Gasteiger partial charge < -0.3 is 4.74 Å². The maximum Gasteiger partial charge on any atom is 0.326 e. The smallest absolute Gasteiger partial charge is 0.326 e. The first-order valence-electron chi connectivity index (χ1n) is 6.55. The van der Waals surface area contributed by atoms with E-state index in [0.717, 1.165) is 15.4 Å². The van der Waals surface area contributed by atoms with E-state index in [0.29, 0.717) is 5.69 Å². The van der Waals surface area contributed by atoms with Crippen LogP contribution < -0.4 is 4.31 Å². The lowest BCUT2D eigenvalue weighted by atomic mass is 10.1. The molecule has 0 bridgehead atoms. The van der Waals surface area contributed by atoms with Crippen molar-refractivity contribution in [2.24, 2.45) is 0 Å². The minimum Gasteiger partial charge on any atom is -0.465 e. The summed E-state index contributed by atoms with van der Waals surface area (Å²) in [4.78, 5) is 11.7. The van der Waals surface area contributed by atoms with Gasteiger partial charge in [0, 0.05) is 0 Å². The van der Waals surface area contributed by atoms with Crippen molar-refractivity contribution in [1.82, 2.24) is 0 Å². The highest BCUT2D eigenvalue weighted by Crippen LogP contribution is 2.27. The maximum atomic E-state index is 12.3. The number of esters is 1. The van der Waals surface area contributed by atoms with Gasteiger partial charge in [-0.2, -0.15) is 0 Å².